The van der Waals surface area contributed by atoms with Gasteiger partial charge in [0, 0.05) is 27.1 Å². The van der Waals surface area contributed by atoms with Gasteiger partial charge in [0.25, 0.3) is 5.89 Å². The molecule has 3 heterocycles. The maximum absolute atomic E-state index is 6.63. The van der Waals surface area contributed by atoms with Gasteiger partial charge < -0.3 is 4.42 Å². The average molecular weight is 527 g/mol. The van der Waals surface area contributed by atoms with Crippen LogP contribution in [0.4, 0.5) is 0 Å². The normalized spacial score (nSPS) is 13.8. The molecule has 0 radical (unpaired) electrons. The molecule has 3 aromatic heterocycles. The molecule has 5 aromatic rings. The highest BCUT2D eigenvalue weighted by molar-refractivity contribution is 6.35. The molecule has 6 rings (SSSR count). The predicted octanol–water partition coefficient (Wildman–Crippen LogP) is 6.46. The van der Waals surface area contributed by atoms with Crippen molar-refractivity contribution >= 4 is 34.8 Å². The van der Waals surface area contributed by atoms with Crippen LogP contribution < -0.4 is 0 Å². The Kier molecular flexibility index (Phi) is 5.80. The van der Waals surface area contributed by atoms with Crippen LogP contribution in [0.25, 0.3) is 28.5 Å². The second kappa shape index (κ2) is 9.11. The molecule has 0 aliphatic heterocycles. The van der Waals surface area contributed by atoms with Crippen molar-refractivity contribution in [2.24, 2.45) is 0 Å². The molecule has 176 valence electrons. The van der Waals surface area contributed by atoms with Gasteiger partial charge >= 0.3 is 0 Å². The number of hydrogen-bond acceptors (Lipinski definition) is 6. The van der Waals surface area contributed by atoms with E-state index in [0.717, 1.165) is 29.7 Å². The van der Waals surface area contributed by atoms with Gasteiger partial charge in [-0.1, -0.05) is 53.4 Å². The van der Waals surface area contributed by atoms with E-state index in [9.17, 15) is 0 Å². The molecule has 0 atom stereocenters. The summed E-state index contributed by atoms with van der Waals surface area (Å²) in [6.07, 6.45) is 6.42. The van der Waals surface area contributed by atoms with Gasteiger partial charge in [-0.15, -0.1) is 10.2 Å². The third-order valence-electron chi connectivity index (χ3n) is 6.12. The Morgan fingerprint density at radius 3 is 2.46 bits per heavy atom. The van der Waals surface area contributed by atoms with Gasteiger partial charge in [0.2, 0.25) is 5.89 Å². The molecule has 35 heavy (non-hydrogen) atoms. The van der Waals surface area contributed by atoms with E-state index >= 15 is 0 Å². The highest BCUT2D eigenvalue weighted by Crippen LogP contribution is 2.39. The zero-order valence-electron chi connectivity index (χ0n) is 18.3. The van der Waals surface area contributed by atoms with Gasteiger partial charge in [0.15, 0.2) is 5.69 Å². The van der Waals surface area contributed by atoms with Crippen LogP contribution in [0.3, 0.4) is 0 Å². The number of hydrogen-bond donors (Lipinski definition) is 0. The molecule has 11 heteroatoms. The second-order valence-electron chi connectivity index (χ2n) is 8.36. The van der Waals surface area contributed by atoms with E-state index in [1.807, 2.05) is 30.3 Å². The van der Waals surface area contributed by atoms with Crippen LogP contribution in [0.15, 0.2) is 59.5 Å². The summed E-state index contributed by atoms with van der Waals surface area (Å²) in [6, 6.07) is 12.8. The third-order valence-corrected chi connectivity index (χ3v) is 6.91. The third kappa shape index (κ3) is 4.22. The molecule has 1 saturated carbocycles. The molecule has 2 aromatic carbocycles. The summed E-state index contributed by atoms with van der Waals surface area (Å²) < 4.78 is 9.62. The summed E-state index contributed by atoms with van der Waals surface area (Å²) in [5.41, 5.74) is 3.71. The summed E-state index contributed by atoms with van der Waals surface area (Å²) in [5, 5.41) is 19.5. The van der Waals surface area contributed by atoms with Crippen molar-refractivity contribution in [3.8, 4) is 28.5 Å². The van der Waals surface area contributed by atoms with E-state index in [0.29, 0.717) is 50.7 Å². The van der Waals surface area contributed by atoms with Gasteiger partial charge in [-0.2, -0.15) is 10.2 Å². The minimum Gasteiger partial charge on any atom is -0.419 e. The van der Waals surface area contributed by atoms with Gasteiger partial charge in [-0.25, -0.2) is 14.3 Å². The topological polar surface area (TPSA) is 87.4 Å². The van der Waals surface area contributed by atoms with Crippen molar-refractivity contribution < 1.29 is 4.42 Å². The molecular formula is C24H18Cl3N7O. The number of halogens is 3. The van der Waals surface area contributed by atoms with Crippen LogP contribution in [0.5, 0.6) is 0 Å². The lowest BCUT2D eigenvalue weighted by Gasteiger charge is -2.20. The summed E-state index contributed by atoms with van der Waals surface area (Å²) in [6.45, 7) is 0.375. The quantitative estimate of drug-likeness (QED) is 0.252. The van der Waals surface area contributed by atoms with Crippen molar-refractivity contribution in [2.75, 3.05) is 0 Å². The number of benzene rings is 2. The van der Waals surface area contributed by atoms with Gasteiger partial charge in [-0.3, -0.25) is 0 Å². The second-order valence-corrected chi connectivity index (χ2v) is 9.64. The van der Waals surface area contributed by atoms with Crippen LogP contribution in [0, 0.1) is 0 Å². The lowest BCUT2D eigenvalue weighted by atomic mass is 9.85. The zero-order valence-corrected chi connectivity index (χ0v) is 20.5. The molecule has 0 amide bonds. The Labute approximate surface area is 215 Å². The number of aromatic nitrogens is 7. The first-order valence-corrected chi connectivity index (χ1v) is 12.2. The molecule has 0 spiro atoms. The minimum absolute atomic E-state index is 0.304. The smallest absolute Gasteiger partial charge is 0.268 e. The molecule has 1 fully saturated rings. The van der Waals surface area contributed by atoms with E-state index in [2.05, 4.69) is 20.3 Å². The fourth-order valence-electron chi connectivity index (χ4n) is 4.13. The Morgan fingerprint density at radius 2 is 1.77 bits per heavy atom. The zero-order chi connectivity index (χ0) is 23.9. The molecule has 0 unspecified atom stereocenters. The van der Waals surface area contributed by atoms with Crippen molar-refractivity contribution in [1.82, 2.24) is 34.7 Å². The fourth-order valence-corrected chi connectivity index (χ4v) is 4.74. The summed E-state index contributed by atoms with van der Waals surface area (Å²) in [4.78, 5) is 4.09. The van der Waals surface area contributed by atoms with Crippen LogP contribution >= 0.6 is 34.8 Å². The lowest BCUT2D eigenvalue weighted by Crippen LogP contribution is -2.08. The number of rotatable bonds is 6. The van der Waals surface area contributed by atoms with Crippen LogP contribution in [0.2, 0.25) is 15.1 Å². The van der Waals surface area contributed by atoms with Crippen LogP contribution in [0.1, 0.15) is 36.6 Å². The Morgan fingerprint density at radius 1 is 0.971 bits per heavy atom. The van der Waals surface area contributed by atoms with Crippen molar-refractivity contribution in [3.63, 3.8) is 0 Å². The van der Waals surface area contributed by atoms with Crippen LogP contribution in [-0.4, -0.2) is 34.7 Å². The van der Waals surface area contributed by atoms with Gasteiger partial charge in [0.1, 0.15) is 12.7 Å². The van der Waals surface area contributed by atoms with Crippen molar-refractivity contribution in [1.29, 1.82) is 0 Å². The monoisotopic (exact) mass is 525 g/mol. The van der Waals surface area contributed by atoms with E-state index in [-0.39, 0.29) is 0 Å². The summed E-state index contributed by atoms with van der Waals surface area (Å²) in [7, 11) is 0. The summed E-state index contributed by atoms with van der Waals surface area (Å²) in [5.74, 6) is 1.30. The first kappa shape index (κ1) is 22.3. The van der Waals surface area contributed by atoms with Crippen LogP contribution in [-0.2, 0) is 6.54 Å². The van der Waals surface area contributed by atoms with E-state index < -0.39 is 0 Å². The first-order valence-electron chi connectivity index (χ1n) is 11.1. The molecule has 0 N–H and O–H groups in total. The molecule has 0 saturated heterocycles. The van der Waals surface area contributed by atoms with Crippen molar-refractivity contribution in [3.05, 3.63) is 81.6 Å². The maximum atomic E-state index is 6.63. The van der Waals surface area contributed by atoms with Crippen molar-refractivity contribution in [2.45, 2.75) is 31.7 Å². The first-order chi connectivity index (χ1) is 17.1. The van der Waals surface area contributed by atoms with E-state index in [4.69, 9.17) is 44.3 Å². The van der Waals surface area contributed by atoms with Gasteiger partial charge in [-0.05, 0) is 43.2 Å². The predicted molar refractivity (Wildman–Crippen MR) is 133 cm³/mol. The Hall–Kier alpha value is -3.20. The van der Waals surface area contributed by atoms with Gasteiger partial charge in [0.05, 0.1) is 22.9 Å². The highest BCUT2D eigenvalue weighted by atomic mass is 35.5. The Balaban J connectivity index is 1.60. The minimum atomic E-state index is 0.304. The average Bonchev–Trinajstić information content (AvgIpc) is 3.55. The fraction of sp³-hybridized carbons (Fsp3) is 0.208. The molecule has 1 aliphatic carbocycles. The van der Waals surface area contributed by atoms with E-state index in [1.54, 1.807) is 27.8 Å². The highest BCUT2D eigenvalue weighted by Gasteiger charge is 2.29. The molecular weight excluding hydrogens is 509 g/mol. The molecule has 1 aliphatic rings. The lowest BCUT2D eigenvalue weighted by molar-refractivity contribution is 0.338. The molecule has 0 bridgehead atoms. The Bertz CT molecular complexity index is 1490. The largest absolute Gasteiger partial charge is 0.419 e. The summed E-state index contributed by atoms with van der Waals surface area (Å²) >= 11 is 19.0. The number of nitrogens with zero attached hydrogens (tertiary/aromatic N) is 7. The standard InChI is InChI=1S/C24H18Cl3N7O/c25-16-6-4-14(5-7-16)22-18(11-33-13-28-12-29-33)21(24-31-30-23(35-24)15-2-1-3-15)32-34(22)20-9-8-17(26)10-19(20)27/h4-10,12-13,15H,1-3,11H2. The molecule has 8 nitrogen and oxygen atoms in total. The van der Waals surface area contributed by atoms with E-state index in [1.165, 1.54) is 12.7 Å². The maximum Gasteiger partial charge on any atom is 0.268 e. The SMILES string of the molecule is Clc1ccc(-c2c(Cn3cncn3)c(-c3nnc(C4CCC4)o3)nn2-c2ccc(Cl)cc2Cl)cc1.